The van der Waals surface area contributed by atoms with E-state index in [9.17, 15) is 14.0 Å². The molecule has 0 fully saturated rings. The normalized spacial score (nSPS) is 10.1. The number of hydrogen-bond acceptors (Lipinski definition) is 3. The van der Waals surface area contributed by atoms with Crippen LogP contribution < -0.4 is 15.4 Å². The number of ether oxygens (including phenoxy) is 1. The minimum atomic E-state index is -0.925. The average molecular weight is 330 g/mol. The van der Waals surface area contributed by atoms with Crippen molar-refractivity contribution < 1.29 is 18.7 Å². The van der Waals surface area contributed by atoms with E-state index in [0.717, 1.165) is 5.56 Å². The third kappa shape index (κ3) is 4.81. The molecule has 0 spiro atoms. The Morgan fingerprint density at radius 2 is 1.79 bits per heavy atom. The van der Waals surface area contributed by atoms with Crippen molar-refractivity contribution in [1.29, 1.82) is 0 Å². The number of anilines is 1. The topological polar surface area (TPSA) is 67.4 Å². The lowest BCUT2D eigenvalue weighted by atomic mass is 10.1. The van der Waals surface area contributed by atoms with Gasteiger partial charge in [0.25, 0.3) is 0 Å². The van der Waals surface area contributed by atoms with E-state index in [0.29, 0.717) is 5.75 Å². The van der Waals surface area contributed by atoms with Gasteiger partial charge in [-0.25, -0.2) is 4.39 Å². The van der Waals surface area contributed by atoms with Gasteiger partial charge in [0.2, 0.25) is 0 Å². The van der Waals surface area contributed by atoms with E-state index >= 15 is 0 Å². The highest BCUT2D eigenvalue weighted by atomic mass is 19.1. The van der Waals surface area contributed by atoms with E-state index in [1.807, 2.05) is 32.0 Å². The van der Waals surface area contributed by atoms with Crippen LogP contribution in [0.25, 0.3) is 0 Å². The fourth-order valence-electron chi connectivity index (χ4n) is 1.96. The van der Waals surface area contributed by atoms with Gasteiger partial charge in [-0.05, 0) is 49.2 Å². The fourth-order valence-corrected chi connectivity index (χ4v) is 1.96. The Balaban J connectivity index is 1.75. The average Bonchev–Trinajstić information content (AvgIpc) is 2.56. The number of amides is 2. The third-order valence-corrected chi connectivity index (χ3v) is 3.46. The Kier molecular flexibility index (Phi) is 5.89. The third-order valence-electron chi connectivity index (χ3n) is 3.46. The van der Waals surface area contributed by atoms with Gasteiger partial charge < -0.3 is 15.4 Å². The van der Waals surface area contributed by atoms with Crippen LogP contribution in [0.4, 0.5) is 10.1 Å². The Morgan fingerprint density at radius 1 is 1.04 bits per heavy atom. The van der Waals surface area contributed by atoms with Gasteiger partial charge in [0.05, 0.1) is 12.2 Å². The molecule has 2 rings (SSSR count). The molecule has 0 aromatic heterocycles. The molecule has 5 nitrogen and oxygen atoms in total. The SMILES string of the molecule is Cc1ccc(OCCNC(=O)C(=O)Nc2ccccc2F)cc1C. The Morgan fingerprint density at radius 3 is 2.50 bits per heavy atom. The van der Waals surface area contributed by atoms with E-state index in [4.69, 9.17) is 4.74 Å². The number of nitrogens with one attached hydrogen (secondary N) is 2. The molecule has 0 saturated heterocycles. The first kappa shape index (κ1) is 17.5. The summed E-state index contributed by atoms with van der Waals surface area (Å²) in [6.07, 6.45) is 0. The molecule has 24 heavy (non-hydrogen) atoms. The molecule has 0 bridgehead atoms. The van der Waals surface area contributed by atoms with Crippen LogP contribution in [-0.2, 0) is 9.59 Å². The number of para-hydroxylation sites is 1. The molecular formula is C18H19FN2O3. The maximum absolute atomic E-state index is 13.4. The molecule has 0 aliphatic rings. The lowest BCUT2D eigenvalue weighted by Gasteiger charge is -2.09. The summed E-state index contributed by atoms with van der Waals surface area (Å²) in [5.41, 5.74) is 2.24. The molecule has 0 saturated carbocycles. The van der Waals surface area contributed by atoms with Crippen LogP contribution in [0.2, 0.25) is 0 Å². The number of aryl methyl sites for hydroxylation is 2. The summed E-state index contributed by atoms with van der Waals surface area (Å²) in [6.45, 7) is 4.38. The number of benzene rings is 2. The maximum atomic E-state index is 13.4. The van der Waals surface area contributed by atoms with Crippen LogP contribution in [-0.4, -0.2) is 25.0 Å². The van der Waals surface area contributed by atoms with Crippen molar-refractivity contribution >= 4 is 17.5 Å². The Bertz CT molecular complexity index is 747. The maximum Gasteiger partial charge on any atom is 0.313 e. The van der Waals surface area contributed by atoms with Gasteiger partial charge in [-0.15, -0.1) is 0 Å². The van der Waals surface area contributed by atoms with Gasteiger partial charge in [0.1, 0.15) is 18.2 Å². The second kappa shape index (κ2) is 8.10. The van der Waals surface area contributed by atoms with Gasteiger partial charge in [0.15, 0.2) is 0 Å². The molecule has 6 heteroatoms. The molecule has 0 atom stereocenters. The second-order valence-corrected chi connectivity index (χ2v) is 5.28. The van der Waals surface area contributed by atoms with Gasteiger partial charge in [-0.1, -0.05) is 18.2 Å². The Hall–Kier alpha value is -2.89. The molecule has 0 heterocycles. The minimum Gasteiger partial charge on any atom is -0.492 e. The van der Waals surface area contributed by atoms with Gasteiger partial charge in [-0.2, -0.15) is 0 Å². The number of halogens is 1. The number of rotatable bonds is 5. The van der Waals surface area contributed by atoms with E-state index < -0.39 is 17.6 Å². The van der Waals surface area contributed by atoms with Crippen LogP contribution in [0, 0.1) is 19.7 Å². The smallest absolute Gasteiger partial charge is 0.313 e. The Labute approximate surface area is 139 Å². The summed E-state index contributed by atoms with van der Waals surface area (Å²) < 4.78 is 18.9. The molecule has 126 valence electrons. The van der Waals surface area contributed by atoms with Gasteiger partial charge >= 0.3 is 11.8 Å². The highest BCUT2D eigenvalue weighted by Crippen LogP contribution is 2.16. The summed E-state index contributed by atoms with van der Waals surface area (Å²) in [4.78, 5) is 23.3. The predicted molar refractivity (Wildman–Crippen MR) is 89.5 cm³/mol. The summed E-state index contributed by atoms with van der Waals surface area (Å²) in [5.74, 6) is -1.67. The molecule has 2 N–H and O–H groups in total. The summed E-state index contributed by atoms with van der Waals surface area (Å²) in [5, 5.41) is 4.64. The van der Waals surface area contributed by atoms with Crippen LogP contribution in [0.3, 0.4) is 0 Å². The number of hydrogen-bond donors (Lipinski definition) is 2. The lowest BCUT2D eigenvalue weighted by Crippen LogP contribution is -2.37. The van der Waals surface area contributed by atoms with Crippen molar-refractivity contribution in [2.24, 2.45) is 0 Å². The zero-order valence-corrected chi connectivity index (χ0v) is 13.6. The van der Waals surface area contributed by atoms with Crippen LogP contribution in [0.1, 0.15) is 11.1 Å². The van der Waals surface area contributed by atoms with Gasteiger partial charge in [0, 0.05) is 0 Å². The summed E-state index contributed by atoms with van der Waals surface area (Å²) in [6, 6.07) is 11.3. The van der Waals surface area contributed by atoms with Crippen molar-refractivity contribution in [1.82, 2.24) is 5.32 Å². The van der Waals surface area contributed by atoms with Crippen molar-refractivity contribution in [3.63, 3.8) is 0 Å². The van der Waals surface area contributed by atoms with E-state index in [-0.39, 0.29) is 18.8 Å². The molecule has 2 aromatic rings. The number of carbonyl (C=O) groups excluding carboxylic acids is 2. The zero-order valence-electron chi connectivity index (χ0n) is 13.6. The quantitative estimate of drug-likeness (QED) is 0.654. The standard InChI is InChI=1S/C18H19FN2O3/c1-12-7-8-14(11-13(12)2)24-10-9-20-17(22)18(23)21-16-6-4-3-5-15(16)19/h3-8,11H,9-10H2,1-2H3,(H,20,22)(H,21,23). The van der Waals surface area contributed by atoms with Crippen molar-refractivity contribution in [3.05, 3.63) is 59.4 Å². The van der Waals surface area contributed by atoms with E-state index in [2.05, 4.69) is 10.6 Å². The second-order valence-electron chi connectivity index (χ2n) is 5.28. The fraction of sp³-hybridized carbons (Fsp3) is 0.222. The minimum absolute atomic E-state index is 0.0379. The lowest BCUT2D eigenvalue weighted by molar-refractivity contribution is -0.136. The van der Waals surface area contributed by atoms with Gasteiger partial charge in [-0.3, -0.25) is 9.59 Å². The molecule has 2 amide bonds. The monoisotopic (exact) mass is 330 g/mol. The summed E-state index contributed by atoms with van der Waals surface area (Å²) >= 11 is 0. The largest absolute Gasteiger partial charge is 0.492 e. The van der Waals surface area contributed by atoms with E-state index in [1.165, 1.54) is 23.8 Å². The molecule has 0 aliphatic carbocycles. The first-order valence-corrected chi connectivity index (χ1v) is 7.51. The van der Waals surface area contributed by atoms with Crippen LogP contribution in [0.5, 0.6) is 5.75 Å². The molecule has 2 aromatic carbocycles. The predicted octanol–water partition coefficient (Wildman–Crippen LogP) is 2.58. The van der Waals surface area contributed by atoms with Crippen molar-refractivity contribution in [2.45, 2.75) is 13.8 Å². The summed E-state index contributed by atoms with van der Waals surface area (Å²) in [7, 11) is 0. The molecule has 0 aliphatic heterocycles. The molecule has 0 radical (unpaired) electrons. The van der Waals surface area contributed by atoms with E-state index in [1.54, 1.807) is 6.07 Å². The van der Waals surface area contributed by atoms with Crippen molar-refractivity contribution in [3.8, 4) is 5.75 Å². The first-order valence-electron chi connectivity index (χ1n) is 7.51. The molecule has 0 unspecified atom stereocenters. The first-order chi connectivity index (χ1) is 11.5. The highest BCUT2D eigenvalue weighted by Gasteiger charge is 2.14. The molecular weight excluding hydrogens is 311 g/mol. The zero-order chi connectivity index (χ0) is 17.5. The highest BCUT2D eigenvalue weighted by molar-refractivity contribution is 6.39. The van der Waals surface area contributed by atoms with Crippen LogP contribution >= 0.6 is 0 Å². The number of carbonyl (C=O) groups is 2. The van der Waals surface area contributed by atoms with Crippen molar-refractivity contribution in [2.75, 3.05) is 18.5 Å². The van der Waals surface area contributed by atoms with Crippen LogP contribution in [0.15, 0.2) is 42.5 Å².